The van der Waals surface area contributed by atoms with Gasteiger partial charge in [-0.2, -0.15) is 0 Å². The summed E-state index contributed by atoms with van der Waals surface area (Å²) in [4.78, 5) is 2.59. The SMILES string of the molecule is BrCC1CCCN1CC1CCCO1. The van der Waals surface area contributed by atoms with Crippen molar-refractivity contribution in [2.45, 2.75) is 37.8 Å². The monoisotopic (exact) mass is 247 g/mol. The van der Waals surface area contributed by atoms with E-state index in [0.29, 0.717) is 6.10 Å². The van der Waals surface area contributed by atoms with Crippen molar-refractivity contribution in [3.63, 3.8) is 0 Å². The van der Waals surface area contributed by atoms with Crippen LogP contribution in [0.25, 0.3) is 0 Å². The normalized spacial score (nSPS) is 35.8. The van der Waals surface area contributed by atoms with Gasteiger partial charge in [0.25, 0.3) is 0 Å². The van der Waals surface area contributed by atoms with Crippen LogP contribution in [-0.2, 0) is 4.74 Å². The third kappa shape index (κ3) is 2.45. The molecule has 2 heterocycles. The molecule has 0 N–H and O–H groups in total. The fourth-order valence-corrected chi connectivity index (χ4v) is 3.09. The zero-order valence-corrected chi connectivity index (χ0v) is 9.63. The molecule has 0 amide bonds. The molecule has 13 heavy (non-hydrogen) atoms. The van der Waals surface area contributed by atoms with Crippen molar-refractivity contribution in [2.24, 2.45) is 0 Å². The molecule has 3 heteroatoms. The highest BCUT2D eigenvalue weighted by Gasteiger charge is 2.27. The van der Waals surface area contributed by atoms with Crippen molar-refractivity contribution >= 4 is 15.9 Å². The first kappa shape index (κ1) is 9.94. The molecule has 2 fully saturated rings. The van der Waals surface area contributed by atoms with E-state index in [1.807, 2.05) is 0 Å². The summed E-state index contributed by atoms with van der Waals surface area (Å²) in [6.45, 7) is 3.42. The van der Waals surface area contributed by atoms with E-state index in [0.717, 1.165) is 24.5 Å². The number of hydrogen-bond donors (Lipinski definition) is 0. The molecular formula is C10H18BrNO. The minimum Gasteiger partial charge on any atom is -0.377 e. The molecular weight excluding hydrogens is 230 g/mol. The molecule has 0 bridgehead atoms. The zero-order valence-electron chi connectivity index (χ0n) is 8.04. The van der Waals surface area contributed by atoms with Gasteiger partial charge in [-0.05, 0) is 32.2 Å². The quantitative estimate of drug-likeness (QED) is 0.708. The van der Waals surface area contributed by atoms with E-state index < -0.39 is 0 Å². The van der Waals surface area contributed by atoms with E-state index in [-0.39, 0.29) is 0 Å². The number of halogens is 1. The van der Waals surface area contributed by atoms with E-state index in [4.69, 9.17) is 4.74 Å². The van der Waals surface area contributed by atoms with Gasteiger partial charge in [-0.3, -0.25) is 4.90 Å². The van der Waals surface area contributed by atoms with E-state index in [1.54, 1.807) is 0 Å². The van der Waals surface area contributed by atoms with Crippen molar-refractivity contribution in [3.8, 4) is 0 Å². The first-order chi connectivity index (χ1) is 6.40. The third-order valence-electron chi connectivity index (χ3n) is 3.14. The summed E-state index contributed by atoms with van der Waals surface area (Å²) in [5.41, 5.74) is 0. The Hall–Kier alpha value is 0.400. The lowest BCUT2D eigenvalue weighted by molar-refractivity contribution is 0.0719. The molecule has 2 atom stereocenters. The van der Waals surface area contributed by atoms with E-state index in [9.17, 15) is 0 Å². The lowest BCUT2D eigenvalue weighted by Crippen LogP contribution is -2.36. The first-order valence-electron chi connectivity index (χ1n) is 5.32. The summed E-state index contributed by atoms with van der Waals surface area (Å²) in [6, 6.07) is 0.768. The molecule has 2 aliphatic heterocycles. The average Bonchev–Trinajstić information content (AvgIpc) is 2.76. The summed E-state index contributed by atoms with van der Waals surface area (Å²) in [5.74, 6) is 0. The van der Waals surface area contributed by atoms with Gasteiger partial charge in [0, 0.05) is 24.5 Å². The summed E-state index contributed by atoms with van der Waals surface area (Å²) >= 11 is 3.58. The van der Waals surface area contributed by atoms with Gasteiger partial charge in [-0.1, -0.05) is 15.9 Å². The molecule has 2 rings (SSSR count). The van der Waals surface area contributed by atoms with Gasteiger partial charge < -0.3 is 4.74 Å². The highest BCUT2D eigenvalue weighted by Crippen LogP contribution is 2.22. The van der Waals surface area contributed by atoms with Crippen LogP contribution >= 0.6 is 15.9 Å². The molecule has 2 nitrogen and oxygen atoms in total. The smallest absolute Gasteiger partial charge is 0.0702 e. The average molecular weight is 248 g/mol. The molecule has 0 aliphatic carbocycles. The van der Waals surface area contributed by atoms with Crippen molar-refractivity contribution in [2.75, 3.05) is 25.0 Å². The van der Waals surface area contributed by atoms with Gasteiger partial charge in [0.15, 0.2) is 0 Å². The topological polar surface area (TPSA) is 12.5 Å². The summed E-state index contributed by atoms with van der Waals surface area (Å²) in [7, 11) is 0. The van der Waals surface area contributed by atoms with Crippen LogP contribution in [-0.4, -0.2) is 42.1 Å². The Morgan fingerprint density at radius 2 is 2.23 bits per heavy atom. The first-order valence-corrected chi connectivity index (χ1v) is 6.44. The van der Waals surface area contributed by atoms with Crippen molar-refractivity contribution < 1.29 is 4.74 Å². The molecule has 0 spiro atoms. The maximum atomic E-state index is 5.65. The maximum Gasteiger partial charge on any atom is 0.0702 e. The van der Waals surface area contributed by atoms with Crippen molar-refractivity contribution in [1.29, 1.82) is 0 Å². The molecule has 0 aromatic carbocycles. The Bertz CT molecular complexity index is 159. The van der Waals surface area contributed by atoms with Gasteiger partial charge in [-0.15, -0.1) is 0 Å². The van der Waals surface area contributed by atoms with Crippen molar-refractivity contribution in [3.05, 3.63) is 0 Å². The summed E-state index contributed by atoms with van der Waals surface area (Å²) < 4.78 is 5.65. The fourth-order valence-electron chi connectivity index (χ4n) is 2.36. The Labute approximate surface area is 88.8 Å². The largest absolute Gasteiger partial charge is 0.377 e. The van der Waals surface area contributed by atoms with E-state index in [2.05, 4.69) is 20.8 Å². The number of alkyl halides is 1. The third-order valence-corrected chi connectivity index (χ3v) is 3.89. The Morgan fingerprint density at radius 1 is 1.31 bits per heavy atom. The van der Waals surface area contributed by atoms with Gasteiger partial charge in [0.1, 0.15) is 0 Å². The molecule has 2 saturated heterocycles. The second-order valence-electron chi connectivity index (χ2n) is 4.08. The predicted octanol–water partition coefficient (Wildman–Crippen LogP) is 2.02. The van der Waals surface area contributed by atoms with Crippen LogP contribution in [0.4, 0.5) is 0 Å². The van der Waals surface area contributed by atoms with Crippen LogP contribution in [0.15, 0.2) is 0 Å². The predicted molar refractivity (Wildman–Crippen MR) is 57.4 cm³/mol. The molecule has 0 saturated carbocycles. The fraction of sp³-hybridized carbons (Fsp3) is 1.00. The maximum absolute atomic E-state index is 5.65. The highest BCUT2D eigenvalue weighted by atomic mass is 79.9. The summed E-state index contributed by atoms with van der Waals surface area (Å²) in [6.07, 6.45) is 5.78. The van der Waals surface area contributed by atoms with Gasteiger partial charge >= 0.3 is 0 Å². The molecule has 2 unspecified atom stereocenters. The van der Waals surface area contributed by atoms with Crippen LogP contribution in [0.2, 0.25) is 0 Å². The minimum absolute atomic E-state index is 0.527. The standard InChI is InChI=1S/C10H18BrNO/c11-7-9-3-1-5-12(9)8-10-4-2-6-13-10/h9-10H,1-8H2. The second-order valence-corrected chi connectivity index (χ2v) is 4.73. The Kier molecular flexibility index (Phi) is 3.64. The van der Waals surface area contributed by atoms with Crippen LogP contribution in [0.1, 0.15) is 25.7 Å². The lowest BCUT2D eigenvalue weighted by atomic mass is 10.2. The number of likely N-dealkylation sites (tertiary alicyclic amines) is 1. The van der Waals surface area contributed by atoms with Gasteiger partial charge in [0.05, 0.1) is 6.10 Å². The number of rotatable bonds is 3. The number of nitrogens with zero attached hydrogens (tertiary/aromatic N) is 1. The minimum atomic E-state index is 0.527. The molecule has 2 aliphatic rings. The van der Waals surface area contributed by atoms with Gasteiger partial charge in [0.2, 0.25) is 0 Å². The molecule has 0 radical (unpaired) electrons. The van der Waals surface area contributed by atoms with Crippen LogP contribution < -0.4 is 0 Å². The Morgan fingerprint density at radius 3 is 2.92 bits per heavy atom. The number of ether oxygens (including phenoxy) is 1. The van der Waals surface area contributed by atoms with Crippen LogP contribution in [0.5, 0.6) is 0 Å². The highest BCUT2D eigenvalue weighted by molar-refractivity contribution is 9.09. The second kappa shape index (κ2) is 4.76. The van der Waals surface area contributed by atoms with E-state index in [1.165, 1.54) is 32.2 Å². The lowest BCUT2D eigenvalue weighted by Gasteiger charge is -2.25. The van der Waals surface area contributed by atoms with Gasteiger partial charge in [-0.25, -0.2) is 0 Å². The molecule has 0 aromatic rings. The van der Waals surface area contributed by atoms with Crippen LogP contribution in [0, 0.1) is 0 Å². The number of hydrogen-bond acceptors (Lipinski definition) is 2. The van der Waals surface area contributed by atoms with Crippen molar-refractivity contribution in [1.82, 2.24) is 4.90 Å². The zero-order chi connectivity index (χ0) is 9.10. The summed E-state index contributed by atoms with van der Waals surface area (Å²) in [5, 5.41) is 1.12. The molecule has 0 aromatic heterocycles. The Balaban J connectivity index is 1.79. The van der Waals surface area contributed by atoms with Crippen LogP contribution in [0.3, 0.4) is 0 Å². The van der Waals surface area contributed by atoms with E-state index >= 15 is 0 Å². The molecule has 76 valence electrons.